The third kappa shape index (κ3) is 3.86. The molecule has 0 aliphatic carbocycles. The largest absolute Gasteiger partial charge is 0.457 e. The highest BCUT2D eigenvalue weighted by atomic mass is 35.5. The lowest BCUT2D eigenvalue weighted by molar-refractivity contribution is -0.151. The van der Waals surface area contributed by atoms with E-state index >= 15 is 0 Å². The zero-order valence-corrected chi connectivity index (χ0v) is 11.5. The van der Waals surface area contributed by atoms with E-state index in [2.05, 4.69) is 6.58 Å². The number of carbonyl (C=O) groups is 1. The molecule has 1 atom stereocenters. The summed E-state index contributed by atoms with van der Waals surface area (Å²) in [6.07, 6.45) is -1.16. The van der Waals surface area contributed by atoms with Crippen molar-refractivity contribution in [1.82, 2.24) is 0 Å². The Morgan fingerprint density at radius 3 is 2.44 bits per heavy atom. The molecule has 0 radical (unpaired) electrons. The quantitative estimate of drug-likeness (QED) is 0.676. The molecule has 0 heterocycles. The summed E-state index contributed by atoms with van der Waals surface area (Å²) in [5.41, 5.74) is -0.215. The van der Waals surface area contributed by atoms with Gasteiger partial charge in [-0.3, -0.25) is 0 Å². The van der Waals surface area contributed by atoms with E-state index in [0.717, 1.165) is 0 Å². The molecule has 3 nitrogen and oxygen atoms in total. The third-order valence-electron chi connectivity index (χ3n) is 2.19. The summed E-state index contributed by atoms with van der Waals surface area (Å²) in [6, 6.07) is 6.76. The molecule has 0 spiro atoms. The number of hydrogen-bond acceptors (Lipinski definition) is 3. The van der Waals surface area contributed by atoms with Crippen LogP contribution in [0.1, 0.15) is 32.4 Å². The van der Waals surface area contributed by atoms with Crippen LogP contribution in [-0.4, -0.2) is 16.7 Å². The molecule has 4 heteroatoms. The number of rotatable bonds is 3. The minimum Gasteiger partial charge on any atom is -0.457 e. The molecule has 1 unspecified atom stereocenters. The van der Waals surface area contributed by atoms with Gasteiger partial charge in [-0.2, -0.15) is 0 Å². The van der Waals surface area contributed by atoms with Gasteiger partial charge in [0.05, 0.1) is 5.57 Å². The normalized spacial score (nSPS) is 12.9. The van der Waals surface area contributed by atoms with Gasteiger partial charge in [-0.15, -0.1) is 0 Å². The monoisotopic (exact) mass is 268 g/mol. The van der Waals surface area contributed by atoms with Crippen LogP contribution in [0.3, 0.4) is 0 Å². The fourth-order valence-corrected chi connectivity index (χ4v) is 1.58. The minimum absolute atomic E-state index is 0.0296. The fourth-order valence-electron chi connectivity index (χ4n) is 1.34. The maximum absolute atomic E-state index is 11.8. The van der Waals surface area contributed by atoms with Crippen molar-refractivity contribution in [2.75, 3.05) is 0 Å². The number of esters is 1. The van der Waals surface area contributed by atoms with Crippen LogP contribution in [0.5, 0.6) is 0 Å². The standard InChI is InChI=1S/C14H17ClO3/c1-9(13(17)18-14(2,3)4)12(16)10-7-5-6-8-11(10)15/h5-8,12,16H,1H2,2-4H3. The molecule has 1 rings (SSSR count). The highest BCUT2D eigenvalue weighted by Gasteiger charge is 2.25. The second kappa shape index (κ2) is 5.55. The van der Waals surface area contributed by atoms with Crippen molar-refractivity contribution >= 4 is 17.6 Å². The van der Waals surface area contributed by atoms with Gasteiger partial charge in [0.25, 0.3) is 0 Å². The van der Waals surface area contributed by atoms with Crippen molar-refractivity contribution in [2.24, 2.45) is 0 Å². The molecule has 98 valence electrons. The highest BCUT2D eigenvalue weighted by molar-refractivity contribution is 6.31. The molecule has 0 fully saturated rings. The summed E-state index contributed by atoms with van der Waals surface area (Å²) in [6.45, 7) is 8.82. The summed E-state index contributed by atoms with van der Waals surface area (Å²) in [5, 5.41) is 10.4. The van der Waals surface area contributed by atoms with Gasteiger partial charge < -0.3 is 9.84 Å². The Morgan fingerprint density at radius 1 is 1.39 bits per heavy atom. The first kappa shape index (κ1) is 14.7. The van der Waals surface area contributed by atoms with E-state index in [1.54, 1.807) is 45.0 Å². The number of aliphatic hydroxyl groups excluding tert-OH is 1. The summed E-state index contributed by atoms with van der Waals surface area (Å²) >= 11 is 5.95. The molecular formula is C14H17ClO3. The van der Waals surface area contributed by atoms with Gasteiger partial charge in [0.1, 0.15) is 11.7 Å². The van der Waals surface area contributed by atoms with E-state index in [0.29, 0.717) is 10.6 Å². The van der Waals surface area contributed by atoms with Crippen LogP contribution in [0.4, 0.5) is 0 Å². The number of benzene rings is 1. The van der Waals surface area contributed by atoms with Gasteiger partial charge in [-0.25, -0.2) is 4.79 Å². The molecule has 0 bridgehead atoms. The molecule has 0 saturated carbocycles. The lowest BCUT2D eigenvalue weighted by atomic mass is 10.0. The van der Waals surface area contributed by atoms with Gasteiger partial charge in [0, 0.05) is 10.6 Å². The Hall–Kier alpha value is -1.32. The maximum Gasteiger partial charge on any atom is 0.336 e. The Kier molecular flexibility index (Phi) is 4.54. The van der Waals surface area contributed by atoms with Crippen LogP contribution in [0.2, 0.25) is 5.02 Å². The number of aliphatic hydroxyl groups is 1. The average molecular weight is 269 g/mol. The van der Waals surface area contributed by atoms with Crippen molar-refractivity contribution < 1.29 is 14.6 Å². The third-order valence-corrected chi connectivity index (χ3v) is 2.54. The van der Waals surface area contributed by atoms with E-state index in [4.69, 9.17) is 16.3 Å². The molecule has 0 aliphatic heterocycles. The number of halogens is 1. The van der Waals surface area contributed by atoms with Crippen molar-refractivity contribution in [3.63, 3.8) is 0 Å². The molecule has 0 aromatic heterocycles. The molecule has 0 amide bonds. The van der Waals surface area contributed by atoms with Crippen LogP contribution in [0, 0.1) is 0 Å². The second-order valence-corrected chi connectivity index (χ2v) is 5.36. The van der Waals surface area contributed by atoms with Gasteiger partial charge in [0.2, 0.25) is 0 Å². The molecule has 1 aromatic rings. The van der Waals surface area contributed by atoms with E-state index in [-0.39, 0.29) is 5.57 Å². The number of hydrogen-bond donors (Lipinski definition) is 1. The Bertz CT molecular complexity index is 460. The van der Waals surface area contributed by atoms with Gasteiger partial charge >= 0.3 is 5.97 Å². The second-order valence-electron chi connectivity index (χ2n) is 4.95. The lowest BCUT2D eigenvalue weighted by Gasteiger charge is -2.22. The molecule has 18 heavy (non-hydrogen) atoms. The first-order valence-corrected chi connectivity index (χ1v) is 5.95. The zero-order valence-electron chi connectivity index (χ0n) is 10.7. The van der Waals surface area contributed by atoms with Crippen LogP contribution in [-0.2, 0) is 9.53 Å². The van der Waals surface area contributed by atoms with Crippen LogP contribution < -0.4 is 0 Å². The number of carbonyl (C=O) groups excluding carboxylic acids is 1. The first-order chi connectivity index (χ1) is 8.22. The lowest BCUT2D eigenvalue weighted by Crippen LogP contribution is -2.26. The Balaban J connectivity index is 2.85. The van der Waals surface area contributed by atoms with Crippen LogP contribution >= 0.6 is 11.6 Å². The van der Waals surface area contributed by atoms with Crippen molar-refractivity contribution in [3.8, 4) is 0 Å². The summed E-state index contributed by atoms with van der Waals surface area (Å²) in [7, 11) is 0. The van der Waals surface area contributed by atoms with E-state index in [1.165, 1.54) is 0 Å². The average Bonchev–Trinajstić information content (AvgIpc) is 2.25. The highest BCUT2D eigenvalue weighted by Crippen LogP contribution is 2.28. The molecule has 1 N–H and O–H groups in total. The molecule has 0 saturated heterocycles. The summed E-state index contributed by atoms with van der Waals surface area (Å²) < 4.78 is 5.14. The van der Waals surface area contributed by atoms with E-state index in [1.807, 2.05) is 0 Å². The van der Waals surface area contributed by atoms with Crippen molar-refractivity contribution in [1.29, 1.82) is 0 Å². The predicted octanol–water partition coefficient (Wildman–Crippen LogP) is 3.27. The first-order valence-electron chi connectivity index (χ1n) is 5.57. The fraction of sp³-hybridized carbons (Fsp3) is 0.357. The van der Waals surface area contributed by atoms with E-state index in [9.17, 15) is 9.90 Å². The number of ether oxygens (including phenoxy) is 1. The predicted molar refractivity (Wildman–Crippen MR) is 71.4 cm³/mol. The van der Waals surface area contributed by atoms with Crippen LogP contribution in [0.25, 0.3) is 0 Å². The van der Waals surface area contributed by atoms with Gasteiger partial charge in [0.15, 0.2) is 0 Å². The molecular weight excluding hydrogens is 252 g/mol. The molecule has 0 aliphatic rings. The minimum atomic E-state index is -1.16. The Labute approximate surface area is 112 Å². The zero-order chi connectivity index (χ0) is 13.9. The van der Waals surface area contributed by atoms with Gasteiger partial charge in [-0.1, -0.05) is 36.4 Å². The summed E-state index contributed by atoms with van der Waals surface area (Å²) in [5.74, 6) is -0.630. The van der Waals surface area contributed by atoms with E-state index < -0.39 is 17.7 Å². The Morgan fingerprint density at radius 2 is 1.94 bits per heavy atom. The topological polar surface area (TPSA) is 46.5 Å². The van der Waals surface area contributed by atoms with Crippen molar-refractivity contribution in [2.45, 2.75) is 32.5 Å². The molecule has 1 aromatic carbocycles. The summed E-state index contributed by atoms with van der Waals surface area (Å²) in [4.78, 5) is 11.8. The smallest absolute Gasteiger partial charge is 0.336 e. The van der Waals surface area contributed by atoms with Crippen molar-refractivity contribution in [3.05, 3.63) is 47.0 Å². The maximum atomic E-state index is 11.8. The van der Waals surface area contributed by atoms with Gasteiger partial charge in [-0.05, 0) is 26.8 Å². The van der Waals surface area contributed by atoms with Crippen LogP contribution in [0.15, 0.2) is 36.4 Å². The SMILES string of the molecule is C=C(C(=O)OC(C)(C)C)C(O)c1ccccc1Cl.